The van der Waals surface area contributed by atoms with E-state index in [1.165, 1.54) is 16.4 Å². The Labute approximate surface area is 139 Å². The molecular formula is C16H22IN3O. The lowest BCUT2D eigenvalue weighted by Crippen LogP contribution is -2.39. The Balaban J connectivity index is 1.56. The number of benzene rings is 1. The van der Waals surface area contributed by atoms with Gasteiger partial charge in [-0.25, -0.2) is 0 Å². The molecule has 0 spiro atoms. The van der Waals surface area contributed by atoms with Crippen molar-refractivity contribution in [1.29, 1.82) is 0 Å². The van der Waals surface area contributed by atoms with E-state index < -0.39 is 0 Å². The Hall–Kier alpha value is -0.660. The van der Waals surface area contributed by atoms with Gasteiger partial charge in [-0.05, 0) is 72.5 Å². The van der Waals surface area contributed by atoms with Crippen molar-refractivity contribution in [3.63, 3.8) is 0 Å². The number of nitrogens with zero attached hydrogens (tertiary/aromatic N) is 1. The Morgan fingerprint density at radius 1 is 1.38 bits per heavy atom. The maximum absolute atomic E-state index is 12.3. The highest BCUT2D eigenvalue weighted by atomic mass is 127. The van der Waals surface area contributed by atoms with Gasteiger partial charge in [0.25, 0.3) is 0 Å². The van der Waals surface area contributed by atoms with E-state index in [4.69, 9.17) is 0 Å². The van der Waals surface area contributed by atoms with Gasteiger partial charge in [0, 0.05) is 34.4 Å². The molecule has 3 rings (SSSR count). The molecule has 0 saturated carbocycles. The van der Waals surface area contributed by atoms with Crippen molar-refractivity contribution >= 4 is 34.2 Å². The third kappa shape index (κ3) is 3.96. The number of hydrogen-bond donors (Lipinski definition) is 2. The average molecular weight is 399 g/mol. The second-order valence-corrected chi connectivity index (χ2v) is 7.41. The van der Waals surface area contributed by atoms with E-state index in [0.29, 0.717) is 18.6 Å². The quantitative estimate of drug-likeness (QED) is 0.768. The molecule has 21 heavy (non-hydrogen) atoms. The highest BCUT2D eigenvalue weighted by Crippen LogP contribution is 2.21. The van der Waals surface area contributed by atoms with Crippen LogP contribution in [-0.4, -0.2) is 42.5 Å². The fourth-order valence-electron chi connectivity index (χ4n) is 3.32. The molecule has 1 amide bonds. The zero-order chi connectivity index (χ0) is 14.8. The molecular weight excluding hydrogens is 377 g/mol. The molecule has 0 radical (unpaired) electrons. The minimum Gasteiger partial charge on any atom is -0.325 e. The minimum atomic E-state index is 0.0945. The van der Waals surface area contributed by atoms with Crippen molar-refractivity contribution in [3.8, 4) is 0 Å². The van der Waals surface area contributed by atoms with Crippen LogP contribution in [0.2, 0.25) is 0 Å². The summed E-state index contributed by atoms with van der Waals surface area (Å²) < 4.78 is 1.19. The second-order valence-electron chi connectivity index (χ2n) is 6.17. The second kappa shape index (κ2) is 6.62. The highest BCUT2D eigenvalue weighted by Gasteiger charge is 2.29. The standard InChI is InChI=1S/C16H22IN3O/c1-11-8-12(17)2-5-15(11)19-16(21)10-20-7-6-13-3-4-14(9-20)18-13/h2,5,8,13-14,18H,3-4,6-7,9-10H2,1H3,(H,19,21). The Morgan fingerprint density at radius 3 is 3.00 bits per heavy atom. The van der Waals surface area contributed by atoms with Crippen molar-refractivity contribution < 1.29 is 4.79 Å². The van der Waals surface area contributed by atoms with E-state index in [1.807, 2.05) is 19.1 Å². The maximum Gasteiger partial charge on any atom is 0.238 e. The number of fused-ring (bicyclic) bond motifs is 2. The van der Waals surface area contributed by atoms with Gasteiger partial charge in [0.05, 0.1) is 6.54 Å². The van der Waals surface area contributed by atoms with Gasteiger partial charge in [-0.3, -0.25) is 9.69 Å². The minimum absolute atomic E-state index is 0.0945. The summed E-state index contributed by atoms with van der Waals surface area (Å²) in [6, 6.07) is 7.34. The topological polar surface area (TPSA) is 44.4 Å². The molecule has 2 saturated heterocycles. The summed E-state index contributed by atoms with van der Waals surface area (Å²) in [6.07, 6.45) is 3.71. The van der Waals surface area contributed by atoms with Crippen LogP contribution in [-0.2, 0) is 4.79 Å². The highest BCUT2D eigenvalue weighted by molar-refractivity contribution is 14.1. The van der Waals surface area contributed by atoms with E-state index in [-0.39, 0.29) is 5.91 Å². The van der Waals surface area contributed by atoms with Gasteiger partial charge in [0.15, 0.2) is 0 Å². The van der Waals surface area contributed by atoms with Crippen molar-refractivity contribution in [2.24, 2.45) is 0 Å². The van der Waals surface area contributed by atoms with Crippen LogP contribution in [0.3, 0.4) is 0 Å². The number of carbonyl (C=O) groups excluding carboxylic acids is 1. The molecule has 2 aliphatic rings. The van der Waals surface area contributed by atoms with E-state index in [0.717, 1.165) is 30.8 Å². The molecule has 114 valence electrons. The molecule has 2 N–H and O–H groups in total. The van der Waals surface area contributed by atoms with Crippen molar-refractivity contribution in [3.05, 3.63) is 27.3 Å². The van der Waals surface area contributed by atoms with Crippen LogP contribution in [0.15, 0.2) is 18.2 Å². The molecule has 2 atom stereocenters. The van der Waals surface area contributed by atoms with Crippen molar-refractivity contribution in [1.82, 2.24) is 10.2 Å². The van der Waals surface area contributed by atoms with E-state index in [2.05, 4.69) is 44.2 Å². The summed E-state index contributed by atoms with van der Waals surface area (Å²) >= 11 is 2.29. The number of nitrogens with one attached hydrogen (secondary N) is 2. The van der Waals surface area contributed by atoms with E-state index in [9.17, 15) is 4.79 Å². The Bertz CT molecular complexity index is 534. The van der Waals surface area contributed by atoms with Gasteiger partial charge in [0.2, 0.25) is 5.91 Å². The van der Waals surface area contributed by atoms with Crippen LogP contribution < -0.4 is 10.6 Å². The van der Waals surface area contributed by atoms with Crippen LogP contribution in [0.1, 0.15) is 24.8 Å². The Morgan fingerprint density at radius 2 is 2.19 bits per heavy atom. The number of aryl methyl sites for hydroxylation is 1. The maximum atomic E-state index is 12.3. The van der Waals surface area contributed by atoms with Crippen LogP contribution in [0.25, 0.3) is 0 Å². The molecule has 2 fully saturated rings. The molecule has 4 nitrogen and oxygen atoms in total. The largest absolute Gasteiger partial charge is 0.325 e. The molecule has 0 aliphatic carbocycles. The fraction of sp³-hybridized carbons (Fsp3) is 0.562. The summed E-state index contributed by atoms with van der Waals surface area (Å²) in [7, 11) is 0. The number of rotatable bonds is 3. The predicted molar refractivity (Wildman–Crippen MR) is 93.5 cm³/mol. The van der Waals surface area contributed by atoms with Gasteiger partial charge in [-0.1, -0.05) is 0 Å². The van der Waals surface area contributed by atoms with E-state index in [1.54, 1.807) is 0 Å². The van der Waals surface area contributed by atoms with Gasteiger partial charge in [-0.2, -0.15) is 0 Å². The van der Waals surface area contributed by atoms with Gasteiger partial charge in [0.1, 0.15) is 0 Å². The van der Waals surface area contributed by atoms with Gasteiger partial charge < -0.3 is 10.6 Å². The van der Waals surface area contributed by atoms with Gasteiger partial charge >= 0.3 is 0 Å². The zero-order valence-corrected chi connectivity index (χ0v) is 14.5. The van der Waals surface area contributed by atoms with Crippen LogP contribution in [0.4, 0.5) is 5.69 Å². The Kier molecular flexibility index (Phi) is 4.81. The van der Waals surface area contributed by atoms with Crippen LogP contribution >= 0.6 is 22.6 Å². The first-order valence-electron chi connectivity index (χ1n) is 7.64. The summed E-state index contributed by atoms with van der Waals surface area (Å²) in [5.41, 5.74) is 2.04. The number of hydrogen-bond acceptors (Lipinski definition) is 3. The number of likely N-dealkylation sites (tertiary alicyclic amines) is 1. The van der Waals surface area contributed by atoms with Crippen molar-refractivity contribution in [2.75, 3.05) is 25.0 Å². The monoisotopic (exact) mass is 399 g/mol. The number of halogens is 1. The fourth-order valence-corrected chi connectivity index (χ4v) is 3.97. The molecule has 2 bridgehead atoms. The van der Waals surface area contributed by atoms with Gasteiger partial charge in [-0.15, -0.1) is 0 Å². The first kappa shape index (κ1) is 15.2. The molecule has 0 aromatic heterocycles. The summed E-state index contributed by atoms with van der Waals surface area (Å²) in [5.74, 6) is 0.0945. The molecule has 1 aromatic carbocycles. The summed E-state index contributed by atoms with van der Waals surface area (Å²) in [6.45, 7) is 4.55. The third-order valence-corrected chi connectivity index (χ3v) is 5.11. The average Bonchev–Trinajstić information content (AvgIpc) is 2.76. The molecule has 1 aromatic rings. The molecule has 2 unspecified atom stereocenters. The molecule has 5 heteroatoms. The number of carbonyl (C=O) groups is 1. The smallest absolute Gasteiger partial charge is 0.238 e. The molecule has 2 heterocycles. The predicted octanol–water partition coefficient (Wildman–Crippen LogP) is 2.36. The van der Waals surface area contributed by atoms with Crippen LogP contribution in [0.5, 0.6) is 0 Å². The summed E-state index contributed by atoms with van der Waals surface area (Å²) in [5, 5.41) is 6.69. The first-order valence-corrected chi connectivity index (χ1v) is 8.72. The zero-order valence-electron chi connectivity index (χ0n) is 12.4. The number of anilines is 1. The SMILES string of the molecule is Cc1cc(I)ccc1NC(=O)CN1CCC2CCC(C1)N2. The molecule has 2 aliphatic heterocycles. The third-order valence-electron chi connectivity index (χ3n) is 4.44. The summed E-state index contributed by atoms with van der Waals surface area (Å²) in [4.78, 5) is 14.5. The lowest BCUT2D eigenvalue weighted by molar-refractivity contribution is -0.117. The van der Waals surface area contributed by atoms with Crippen molar-refractivity contribution in [2.45, 2.75) is 38.3 Å². The normalized spacial score (nSPS) is 25.6. The lowest BCUT2D eigenvalue weighted by Gasteiger charge is -2.23. The first-order chi connectivity index (χ1) is 10.1. The lowest BCUT2D eigenvalue weighted by atomic mass is 10.1. The van der Waals surface area contributed by atoms with Crippen LogP contribution in [0, 0.1) is 10.5 Å². The van der Waals surface area contributed by atoms with E-state index >= 15 is 0 Å². The number of amides is 1.